The molecule has 0 aliphatic heterocycles. The zero-order valence-electron chi connectivity index (χ0n) is 13.2. The zero-order valence-corrected chi connectivity index (χ0v) is 13.2. The molecule has 0 fully saturated rings. The molecule has 0 atom stereocenters. The highest BCUT2D eigenvalue weighted by Crippen LogP contribution is 2.33. The number of hydrogen-bond donors (Lipinski definition) is 2. The van der Waals surface area contributed by atoms with Crippen LogP contribution in [-0.2, 0) is 0 Å². The molecular weight excluding hydrogens is 330 g/mol. The molecule has 2 rings (SSSR count). The van der Waals surface area contributed by atoms with Crippen LogP contribution in [0.1, 0.15) is 0 Å². The number of rotatable bonds is 9. The summed E-state index contributed by atoms with van der Waals surface area (Å²) in [5.74, 6) is 0.839. The summed E-state index contributed by atoms with van der Waals surface area (Å²) in [6.07, 6.45) is 0. The first-order valence-corrected chi connectivity index (χ1v) is 7.41. The van der Waals surface area contributed by atoms with E-state index in [1.54, 1.807) is 18.2 Å². The molecule has 0 aromatic heterocycles. The van der Waals surface area contributed by atoms with E-state index in [9.17, 15) is 10.1 Å². The number of nitrogens with zero attached hydrogens (tertiary/aromatic N) is 3. The van der Waals surface area contributed by atoms with Gasteiger partial charge in [0.1, 0.15) is 24.7 Å². The quantitative estimate of drug-likeness (QED) is 0.408. The molecule has 0 bridgehead atoms. The van der Waals surface area contributed by atoms with Gasteiger partial charge in [-0.1, -0.05) is 0 Å². The van der Waals surface area contributed by atoms with Gasteiger partial charge in [-0.05, 0) is 24.3 Å². The summed E-state index contributed by atoms with van der Waals surface area (Å²) < 4.78 is 10.7. The summed E-state index contributed by atoms with van der Waals surface area (Å²) in [5.41, 5.74) is 0.818. The maximum Gasteiger partial charge on any atom is 0.269 e. The van der Waals surface area contributed by atoms with Crippen molar-refractivity contribution in [1.82, 2.24) is 0 Å². The van der Waals surface area contributed by atoms with Crippen molar-refractivity contribution < 1.29 is 24.6 Å². The molecule has 0 saturated heterocycles. The zero-order chi connectivity index (χ0) is 18.1. The van der Waals surface area contributed by atoms with E-state index < -0.39 is 4.92 Å². The largest absolute Gasteiger partial charge is 0.491 e. The number of ether oxygens (including phenoxy) is 2. The molecule has 2 N–H and O–H groups in total. The minimum Gasteiger partial charge on any atom is -0.491 e. The molecule has 0 spiro atoms. The molecule has 0 amide bonds. The van der Waals surface area contributed by atoms with Gasteiger partial charge in [0.05, 0.1) is 23.8 Å². The maximum absolute atomic E-state index is 10.6. The van der Waals surface area contributed by atoms with Gasteiger partial charge in [-0.15, -0.1) is 5.11 Å². The summed E-state index contributed by atoms with van der Waals surface area (Å²) in [7, 11) is 0. The lowest BCUT2D eigenvalue weighted by molar-refractivity contribution is -0.384. The van der Waals surface area contributed by atoms with E-state index in [1.807, 2.05) is 0 Å². The summed E-state index contributed by atoms with van der Waals surface area (Å²) >= 11 is 0. The van der Waals surface area contributed by atoms with Crippen molar-refractivity contribution in [3.8, 4) is 11.5 Å². The fourth-order valence-electron chi connectivity index (χ4n) is 1.85. The van der Waals surface area contributed by atoms with Crippen molar-refractivity contribution in [2.75, 3.05) is 26.4 Å². The highest BCUT2D eigenvalue weighted by molar-refractivity contribution is 5.55. The Morgan fingerprint density at radius 1 is 0.960 bits per heavy atom. The van der Waals surface area contributed by atoms with Crippen LogP contribution in [0.25, 0.3) is 0 Å². The lowest BCUT2D eigenvalue weighted by Crippen LogP contribution is -2.04. The topological polar surface area (TPSA) is 127 Å². The summed E-state index contributed by atoms with van der Waals surface area (Å²) in [5, 5.41) is 36.4. The van der Waals surface area contributed by atoms with Crippen LogP contribution in [0.5, 0.6) is 11.5 Å². The fraction of sp³-hybridized carbons (Fsp3) is 0.250. The van der Waals surface area contributed by atoms with Crippen molar-refractivity contribution in [3.05, 3.63) is 52.6 Å². The number of nitro groups is 1. The second kappa shape index (κ2) is 9.30. The summed E-state index contributed by atoms with van der Waals surface area (Å²) in [4.78, 5) is 10.1. The van der Waals surface area contributed by atoms with Crippen molar-refractivity contribution in [1.29, 1.82) is 0 Å². The molecule has 0 heterocycles. The number of aliphatic hydroxyl groups excluding tert-OH is 2. The molecule has 0 unspecified atom stereocenters. The molecule has 9 heteroatoms. The van der Waals surface area contributed by atoms with E-state index in [2.05, 4.69) is 10.2 Å². The Bertz CT molecular complexity index is 733. The molecule has 0 aliphatic carbocycles. The Kier molecular flexibility index (Phi) is 6.81. The number of benzene rings is 2. The Morgan fingerprint density at radius 3 is 2.28 bits per heavy atom. The molecule has 2 aromatic rings. The lowest BCUT2D eigenvalue weighted by atomic mass is 10.3. The number of azo groups is 1. The SMILES string of the molecule is O=[N+]([O-])c1ccc(N=Nc2ccc(OCCO)cc2OCCO)cc1. The van der Waals surface area contributed by atoms with Gasteiger partial charge in [-0.3, -0.25) is 10.1 Å². The van der Waals surface area contributed by atoms with Crippen LogP contribution in [0.3, 0.4) is 0 Å². The summed E-state index contributed by atoms with van der Waals surface area (Å²) in [6, 6.07) is 10.5. The van der Waals surface area contributed by atoms with Crippen LogP contribution < -0.4 is 9.47 Å². The van der Waals surface area contributed by atoms with Gasteiger partial charge in [0.25, 0.3) is 5.69 Å². The van der Waals surface area contributed by atoms with Crippen LogP contribution >= 0.6 is 0 Å². The first-order chi connectivity index (χ1) is 12.1. The molecule has 0 radical (unpaired) electrons. The third kappa shape index (κ3) is 5.52. The third-order valence-electron chi connectivity index (χ3n) is 2.97. The van der Waals surface area contributed by atoms with Gasteiger partial charge in [0, 0.05) is 18.2 Å². The predicted molar refractivity (Wildman–Crippen MR) is 88.9 cm³/mol. The van der Waals surface area contributed by atoms with Gasteiger partial charge in [-0.2, -0.15) is 5.11 Å². The van der Waals surface area contributed by atoms with Crippen LogP contribution in [0.2, 0.25) is 0 Å². The van der Waals surface area contributed by atoms with Gasteiger partial charge in [0.2, 0.25) is 0 Å². The Labute approximate surface area is 143 Å². The van der Waals surface area contributed by atoms with E-state index in [0.29, 0.717) is 22.9 Å². The molecular formula is C16H17N3O6. The Hall–Kier alpha value is -3.04. The molecule has 9 nitrogen and oxygen atoms in total. The van der Waals surface area contributed by atoms with E-state index in [1.165, 1.54) is 24.3 Å². The number of non-ortho nitro benzene ring substituents is 1. The van der Waals surface area contributed by atoms with E-state index >= 15 is 0 Å². The normalized spacial score (nSPS) is 10.8. The standard InChI is InChI=1S/C16H17N3O6/c20-7-9-24-14-5-6-15(16(11-14)25-10-8-21)18-17-12-1-3-13(4-2-12)19(22)23/h1-6,11,20-21H,7-10H2. The van der Waals surface area contributed by atoms with E-state index in [-0.39, 0.29) is 32.1 Å². The van der Waals surface area contributed by atoms with Crippen molar-refractivity contribution in [3.63, 3.8) is 0 Å². The van der Waals surface area contributed by atoms with Crippen molar-refractivity contribution in [2.45, 2.75) is 0 Å². The van der Waals surface area contributed by atoms with Crippen LogP contribution in [0, 0.1) is 10.1 Å². The summed E-state index contributed by atoms with van der Waals surface area (Å²) in [6.45, 7) is -0.0678. The van der Waals surface area contributed by atoms with Crippen LogP contribution in [-0.4, -0.2) is 41.6 Å². The molecule has 0 aliphatic rings. The third-order valence-corrected chi connectivity index (χ3v) is 2.97. The van der Waals surface area contributed by atoms with Gasteiger partial charge in [-0.25, -0.2) is 0 Å². The fourth-order valence-corrected chi connectivity index (χ4v) is 1.85. The smallest absolute Gasteiger partial charge is 0.269 e. The minimum atomic E-state index is -0.493. The van der Waals surface area contributed by atoms with Gasteiger partial charge >= 0.3 is 0 Å². The molecule has 2 aromatic carbocycles. The van der Waals surface area contributed by atoms with Crippen molar-refractivity contribution >= 4 is 17.1 Å². The number of hydrogen-bond acceptors (Lipinski definition) is 8. The first-order valence-electron chi connectivity index (χ1n) is 7.41. The van der Waals surface area contributed by atoms with Gasteiger partial charge in [0.15, 0.2) is 5.75 Å². The first kappa shape index (κ1) is 18.3. The van der Waals surface area contributed by atoms with Gasteiger partial charge < -0.3 is 19.7 Å². The average Bonchev–Trinajstić information content (AvgIpc) is 2.64. The Balaban J connectivity index is 2.19. The highest BCUT2D eigenvalue weighted by atomic mass is 16.6. The van der Waals surface area contributed by atoms with E-state index in [0.717, 1.165) is 0 Å². The van der Waals surface area contributed by atoms with Crippen LogP contribution in [0.4, 0.5) is 17.1 Å². The Morgan fingerprint density at radius 2 is 1.64 bits per heavy atom. The monoisotopic (exact) mass is 347 g/mol. The highest BCUT2D eigenvalue weighted by Gasteiger charge is 2.07. The molecule has 0 saturated carbocycles. The van der Waals surface area contributed by atoms with E-state index in [4.69, 9.17) is 19.7 Å². The predicted octanol–water partition coefficient (Wildman–Crippen LogP) is 2.75. The maximum atomic E-state index is 10.6. The molecule has 25 heavy (non-hydrogen) atoms. The average molecular weight is 347 g/mol. The second-order valence-electron chi connectivity index (χ2n) is 4.75. The van der Waals surface area contributed by atoms with Crippen molar-refractivity contribution in [2.24, 2.45) is 10.2 Å². The lowest BCUT2D eigenvalue weighted by Gasteiger charge is -2.10. The minimum absolute atomic E-state index is 0.0312. The molecule has 132 valence electrons. The number of nitro benzene ring substituents is 1. The van der Waals surface area contributed by atoms with Crippen LogP contribution in [0.15, 0.2) is 52.7 Å². The number of aliphatic hydroxyl groups is 2. The second-order valence-corrected chi connectivity index (χ2v) is 4.75.